The van der Waals surface area contributed by atoms with Gasteiger partial charge in [-0.2, -0.15) is 18.2 Å². The van der Waals surface area contributed by atoms with Gasteiger partial charge >= 0.3 is 11.9 Å². The van der Waals surface area contributed by atoms with Crippen LogP contribution in [0.4, 0.5) is 0 Å². The van der Waals surface area contributed by atoms with Crippen molar-refractivity contribution in [1.82, 2.24) is 0 Å². The number of carbonyl (C=O) groups is 2. The SMILES string of the molecule is C=C(C)C(=O)Oc1c(C)cc(Oc2c(C)c[c-]cc2C)cc1C.C=C(C)C(=O)Oc1c(C)cc(Oc2c(C)cc(C)cc2C)cc1C.[CH3-].[Y]. The summed E-state index contributed by atoms with van der Waals surface area (Å²) in [7, 11) is 0. The van der Waals surface area contributed by atoms with Crippen molar-refractivity contribution in [3.8, 4) is 34.5 Å². The first-order valence-electron chi connectivity index (χ1n) is 15.4. The molecule has 0 bridgehead atoms. The average Bonchev–Trinajstić information content (AvgIpc) is 2.96. The second kappa shape index (κ2) is 18.7. The summed E-state index contributed by atoms with van der Waals surface area (Å²) < 4.78 is 22.9. The Kier molecular flexibility index (Phi) is 16.4. The van der Waals surface area contributed by atoms with Gasteiger partial charge in [-0.15, -0.1) is 11.1 Å². The molecule has 0 saturated heterocycles. The summed E-state index contributed by atoms with van der Waals surface area (Å²) in [4.78, 5) is 23.5. The van der Waals surface area contributed by atoms with E-state index in [1.165, 1.54) is 5.56 Å². The summed E-state index contributed by atoms with van der Waals surface area (Å²) in [5.41, 5.74) is 9.59. The van der Waals surface area contributed by atoms with Gasteiger partial charge in [0.15, 0.2) is 0 Å². The number of rotatable bonds is 8. The summed E-state index contributed by atoms with van der Waals surface area (Å²) >= 11 is 0. The Balaban J connectivity index is 0.000000471. The van der Waals surface area contributed by atoms with Crippen molar-refractivity contribution in [2.75, 3.05) is 0 Å². The van der Waals surface area contributed by atoms with Gasteiger partial charge in [-0.3, -0.25) is 0 Å². The maximum Gasteiger partial charge on any atom is 0.338 e. The van der Waals surface area contributed by atoms with Gasteiger partial charge in [0.2, 0.25) is 0 Å². The third-order valence-corrected chi connectivity index (χ3v) is 7.31. The first-order chi connectivity index (χ1) is 22.0. The molecule has 0 aliphatic rings. The molecule has 0 saturated carbocycles. The predicted octanol–water partition coefficient (Wildman–Crippen LogP) is 10.9. The molecule has 4 rings (SSSR count). The van der Waals surface area contributed by atoms with Crippen molar-refractivity contribution >= 4 is 11.9 Å². The number of aryl methyl sites for hydroxylation is 9. The predicted molar refractivity (Wildman–Crippen MR) is 195 cm³/mol. The molecule has 0 spiro atoms. The molecule has 1 radical (unpaired) electrons. The van der Waals surface area contributed by atoms with E-state index in [-0.39, 0.29) is 40.1 Å². The van der Waals surface area contributed by atoms with E-state index in [4.69, 9.17) is 18.9 Å². The summed E-state index contributed by atoms with van der Waals surface area (Å²) in [6.07, 6.45) is 0. The van der Waals surface area contributed by atoms with Crippen LogP contribution in [0.1, 0.15) is 63.9 Å². The minimum atomic E-state index is -0.421. The van der Waals surface area contributed by atoms with Crippen LogP contribution in [-0.4, -0.2) is 11.9 Å². The molecule has 0 atom stereocenters. The first-order valence-corrected chi connectivity index (χ1v) is 15.4. The Bertz CT molecular complexity index is 1780. The molecule has 4 aromatic carbocycles. The molecule has 4 aromatic rings. The monoisotopic (exact) mass is 737 g/mol. The zero-order valence-electron chi connectivity index (χ0n) is 31.1. The smallest absolute Gasteiger partial charge is 0.338 e. The molecule has 0 aliphatic heterocycles. The largest absolute Gasteiger partial charge is 0.482 e. The van der Waals surface area contributed by atoms with Crippen LogP contribution < -0.4 is 18.9 Å². The zero-order valence-corrected chi connectivity index (χ0v) is 33.9. The minimum Gasteiger partial charge on any atom is -0.482 e. The molecule has 0 fully saturated rings. The zero-order chi connectivity index (χ0) is 35.2. The molecule has 0 unspecified atom stereocenters. The van der Waals surface area contributed by atoms with Crippen molar-refractivity contribution in [1.29, 1.82) is 0 Å². The van der Waals surface area contributed by atoms with E-state index in [0.29, 0.717) is 28.4 Å². The molecular formula is C42H48O6Y-2. The van der Waals surface area contributed by atoms with E-state index in [9.17, 15) is 9.59 Å². The summed E-state index contributed by atoms with van der Waals surface area (Å²) in [5.74, 6) is 3.42. The van der Waals surface area contributed by atoms with Crippen LogP contribution >= 0.6 is 0 Å². The molecule has 7 heteroatoms. The maximum absolute atomic E-state index is 11.8. The first kappa shape index (κ1) is 43.0. The number of hydrogen-bond acceptors (Lipinski definition) is 6. The molecule has 0 heterocycles. The molecule has 49 heavy (non-hydrogen) atoms. The Morgan fingerprint density at radius 3 is 1.10 bits per heavy atom. The Morgan fingerprint density at radius 1 is 0.510 bits per heavy atom. The minimum absolute atomic E-state index is 0. The van der Waals surface area contributed by atoms with Crippen LogP contribution in [0, 0.1) is 75.8 Å². The van der Waals surface area contributed by atoms with E-state index in [0.717, 1.165) is 61.8 Å². The van der Waals surface area contributed by atoms with Crippen LogP contribution in [0.2, 0.25) is 0 Å². The molecule has 6 nitrogen and oxygen atoms in total. The molecule has 0 aliphatic carbocycles. The number of hydrogen-bond donors (Lipinski definition) is 0. The maximum atomic E-state index is 11.8. The van der Waals surface area contributed by atoms with E-state index in [2.05, 4.69) is 38.3 Å². The fourth-order valence-electron chi connectivity index (χ4n) is 5.08. The van der Waals surface area contributed by atoms with Gasteiger partial charge in [0, 0.05) is 49.6 Å². The van der Waals surface area contributed by atoms with E-state index in [1.807, 2.05) is 91.8 Å². The number of ether oxygens (including phenoxy) is 4. The van der Waals surface area contributed by atoms with Gasteiger partial charge in [-0.05, 0) is 120 Å². The van der Waals surface area contributed by atoms with Crippen molar-refractivity contribution in [3.05, 3.63) is 136 Å². The van der Waals surface area contributed by atoms with Crippen molar-refractivity contribution in [2.24, 2.45) is 0 Å². The van der Waals surface area contributed by atoms with Crippen molar-refractivity contribution in [3.63, 3.8) is 0 Å². The third kappa shape index (κ3) is 11.5. The van der Waals surface area contributed by atoms with E-state index >= 15 is 0 Å². The van der Waals surface area contributed by atoms with Crippen molar-refractivity contribution in [2.45, 2.75) is 76.2 Å². The number of carbonyl (C=O) groups excluding carboxylic acids is 2. The topological polar surface area (TPSA) is 71.1 Å². The van der Waals surface area contributed by atoms with Crippen LogP contribution in [0.15, 0.2) is 72.8 Å². The summed E-state index contributed by atoms with van der Waals surface area (Å²) in [6.45, 7) is 28.2. The Labute approximate surface area is 318 Å². The average molecular weight is 738 g/mol. The second-order valence-corrected chi connectivity index (χ2v) is 12.2. The van der Waals surface area contributed by atoms with Crippen molar-refractivity contribution < 1.29 is 61.2 Å². The fraction of sp³-hybridized carbons (Fsp3) is 0.262. The van der Waals surface area contributed by atoms with Gasteiger partial charge < -0.3 is 26.4 Å². The van der Waals surface area contributed by atoms with Crippen LogP contribution in [0.3, 0.4) is 0 Å². The van der Waals surface area contributed by atoms with Gasteiger partial charge in [0.05, 0.1) is 0 Å². The Morgan fingerprint density at radius 2 is 0.796 bits per heavy atom. The van der Waals surface area contributed by atoms with Gasteiger partial charge in [0.25, 0.3) is 0 Å². The molecular weight excluding hydrogens is 689 g/mol. The summed E-state index contributed by atoms with van der Waals surface area (Å²) in [5, 5.41) is 0. The van der Waals surface area contributed by atoms with Gasteiger partial charge in [0.1, 0.15) is 28.7 Å². The number of esters is 2. The number of benzene rings is 4. The second-order valence-electron chi connectivity index (χ2n) is 12.2. The standard InChI is InChI=1S/C21H24O3.C20H21O3.CH3.Y/c1-12(2)21(22)24-20-16(6)10-18(11-17(20)7)23-19-14(4)8-13(3)9-15(19)5;1-12(2)20(21)23-19-15(5)10-17(11-16(19)6)22-18-13(3)8-7-9-14(18)4;;/h8-11H,1H2,2-7H3;8-11H,1H2,2-6H3;1H3;/q;2*-1;. The van der Waals surface area contributed by atoms with Gasteiger partial charge in [-0.25, -0.2) is 9.59 Å². The fourth-order valence-corrected chi connectivity index (χ4v) is 5.08. The molecule has 0 aromatic heterocycles. The Hall–Kier alpha value is -4.00. The third-order valence-electron chi connectivity index (χ3n) is 7.31. The van der Waals surface area contributed by atoms with Crippen LogP contribution in [0.25, 0.3) is 0 Å². The van der Waals surface area contributed by atoms with E-state index < -0.39 is 11.9 Å². The normalized spacial score (nSPS) is 9.94. The van der Waals surface area contributed by atoms with Crippen LogP contribution in [-0.2, 0) is 42.3 Å². The molecule has 257 valence electrons. The summed E-state index contributed by atoms with van der Waals surface area (Å²) in [6, 6.07) is 18.6. The van der Waals surface area contributed by atoms with E-state index in [1.54, 1.807) is 13.8 Å². The quantitative estimate of drug-likeness (QED) is 0.0776. The van der Waals surface area contributed by atoms with Gasteiger partial charge in [-0.1, -0.05) is 44.7 Å². The molecule has 0 N–H and O–H groups in total. The molecule has 0 amide bonds. The van der Waals surface area contributed by atoms with Crippen LogP contribution in [0.5, 0.6) is 34.5 Å².